The van der Waals surface area contributed by atoms with Gasteiger partial charge in [0.05, 0.1) is 28.7 Å². The number of rotatable bonds is 7. The highest BCUT2D eigenvalue weighted by Gasteiger charge is 2.18. The number of nitrogens with zero attached hydrogens (tertiary/aromatic N) is 2. The average molecular weight is 452 g/mol. The number of ether oxygens (including phenoxy) is 2. The predicted molar refractivity (Wildman–Crippen MR) is 123 cm³/mol. The van der Waals surface area contributed by atoms with Gasteiger partial charge >= 0.3 is 5.97 Å². The van der Waals surface area contributed by atoms with Gasteiger partial charge in [-0.2, -0.15) is 5.10 Å². The lowest BCUT2D eigenvalue weighted by Gasteiger charge is -2.14. The largest absolute Gasteiger partial charge is 0.481 e. The van der Waals surface area contributed by atoms with Gasteiger partial charge < -0.3 is 14.5 Å². The molecule has 0 radical (unpaired) electrons. The Kier molecular flexibility index (Phi) is 6.28. The van der Waals surface area contributed by atoms with Crippen molar-refractivity contribution in [2.75, 3.05) is 13.7 Å². The van der Waals surface area contributed by atoms with E-state index in [0.29, 0.717) is 34.3 Å². The van der Waals surface area contributed by atoms with Gasteiger partial charge in [-0.15, -0.1) is 0 Å². The molecule has 0 spiro atoms. The summed E-state index contributed by atoms with van der Waals surface area (Å²) in [5.74, 6) is -0.249. The molecule has 0 aliphatic heterocycles. The van der Waals surface area contributed by atoms with Crippen LogP contribution in [0.5, 0.6) is 5.75 Å². The van der Waals surface area contributed by atoms with Crippen LogP contribution in [0.2, 0.25) is 5.02 Å². The van der Waals surface area contributed by atoms with Crippen molar-refractivity contribution in [1.29, 1.82) is 0 Å². The fraction of sp³-hybridized carbons (Fsp3) is 0.208. The number of hydrogen-bond donors (Lipinski definition) is 1. The second-order valence-electron chi connectivity index (χ2n) is 7.22. The molecule has 7 nitrogen and oxygen atoms in total. The van der Waals surface area contributed by atoms with Gasteiger partial charge in [-0.25, -0.2) is 9.48 Å². The molecular formula is C24H22ClN3O4. The Balaban J connectivity index is 1.75. The number of nitrogens with one attached hydrogen (secondary N) is 1. The molecule has 0 atom stereocenters. The van der Waals surface area contributed by atoms with Crippen LogP contribution in [-0.4, -0.2) is 34.5 Å². The summed E-state index contributed by atoms with van der Waals surface area (Å²) in [5.41, 5.74) is 3.69. The number of aromatic nitrogens is 3. The highest BCUT2D eigenvalue weighted by Crippen LogP contribution is 2.29. The Hall–Kier alpha value is -3.58. The normalized spacial score (nSPS) is 11.0. The number of aryl methyl sites for hydroxylation is 1. The maximum absolute atomic E-state index is 13.6. The van der Waals surface area contributed by atoms with Crippen LogP contribution >= 0.6 is 11.6 Å². The molecule has 32 heavy (non-hydrogen) atoms. The van der Waals surface area contributed by atoms with Gasteiger partial charge in [0.25, 0.3) is 0 Å². The number of fused-ring (bicyclic) bond motifs is 1. The number of halogens is 1. The summed E-state index contributed by atoms with van der Waals surface area (Å²) in [7, 11) is 1.28. The van der Waals surface area contributed by atoms with Crippen LogP contribution in [0.1, 0.15) is 23.7 Å². The molecule has 2 aromatic heterocycles. The van der Waals surface area contributed by atoms with Crippen LogP contribution in [0.4, 0.5) is 0 Å². The van der Waals surface area contributed by atoms with Gasteiger partial charge in [-0.05, 0) is 42.3 Å². The van der Waals surface area contributed by atoms with E-state index in [1.54, 1.807) is 23.0 Å². The quantitative estimate of drug-likeness (QED) is 0.428. The van der Waals surface area contributed by atoms with Gasteiger partial charge in [-0.3, -0.25) is 4.79 Å². The Bertz CT molecular complexity index is 1310. The fourth-order valence-electron chi connectivity index (χ4n) is 3.62. The van der Waals surface area contributed by atoms with Crippen molar-refractivity contribution < 1.29 is 14.3 Å². The molecule has 0 aliphatic rings. The van der Waals surface area contributed by atoms with Crippen LogP contribution in [0.15, 0.2) is 59.7 Å². The predicted octanol–water partition coefficient (Wildman–Crippen LogP) is 4.07. The van der Waals surface area contributed by atoms with E-state index in [1.165, 1.54) is 7.11 Å². The van der Waals surface area contributed by atoms with Crippen molar-refractivity contribution >= 4 is 28.5 Å². The summed E-state index contributed by atoms with van der Waals surface area (Å²) in [6, 6.07) is 13.0. The Morgan fingerprint density at radius 2 is 1.97 bits per heavy atom. The highest BCUT2D eigenvalue weighted by molar-refractivity contribution is 6.35. The topological polar surface area (TPSA) is 86.2 Å². The molecule has 0 bridgehead atoms. The molecular weight excluding hydrogens is 430 g/mol. The number of benzene rings is 2. The van der Waals surface area contributed by atoms with Gasteiger partial charge in [0, 0.05) is 30.1 Å². The monoisotopic (exact) mass is 451 g/mol. The first-order chi connectivity index (χ1) is 15.5. The third kappa shape index (κ3) is 4.24. The lowest BCUT2D eigenvalue weighted by Crippen LogP contribution is -2.18. The molecule has 0 saturated carbocycles. The smallest absolute Gasteiger partial charge is 0.343 e. The number of aromatic amines is 1. The Labute approximate surface area is 189 Å². The van der Waals surface area contributed by atoms with Crippen molar-refractivity contribution in [2.24, 2.45) is 0 Å². The summed E-state index contributed by atoms with van der Waals surface area (Å²) in [4.78, 5) is 28.4. The SMILES string of the molecule is CCc1[nH]c2c(Cl)ccc(OCC(=O)OC)c2c(=O)c1Cc1ccc(-n2cccn2)cc1. The van der Waals surface area contributed by atoms with E-state index in [9.17, 15) is 9.59 Å². The second-order valence-corrected chi connectivity index (χ2v) is 7.63. The number of carbonyl (C=O) groups is 1. The van der Waals surface area contributed by atoms with Gasteiger partial charge in [-0.1, -0.05) is 30.7 Å². The molecule has 164 valence electrons. The molecule has 8 heteroatoms. The van der Waals surface area contributed by atoms with Crippen molar-refractivity contribution in [3.8, 4) is 11.4 Å². The molecule has 4 aromatic rings. The number of esters is 1. The summed E-state index contributed by atoms with van der Waals surface area (Å²) in [6.45, 7) is 1.68. The lowest BCUT2D eigenvalue weighted by molar-refractivity contribution is -0.142. The standard InChI is InChI=1S/C24H22ClN3O4/c1-3-19-17(13-15-5-7-16(8-6-15)28-12-4-11-26-28)24(30)22-20(32-14-21(29)31-2)10-9-18(25)23(22)27-19/h4-12H,3,13-14H2,1-2H3,(H,27,30). The molecule has 0 fully saturated rings. The lowest BCUT2D eigenvalue weighted by atomic mass is 9.99. The summed E-state index contributed by atoms with van der Waals surface area (Å²) >= 11 is 6.37. The first-order valence-electron chi connectivity index (χ1n) is 10.2. The van der Waals surface area contributed by atoms with E-state index < -0.39 is 5.97 Å². The number of H-pyrrole nitrogens is 1. The van der Waals surface area contributed by atoms with Crippen molar-refractivity contribution in [1.82, 2.24) is 14.8 Å². The molecule has 4 rings (SSSR count). The summed E-state index contributed by atoms with van der Waals surface area (Å²) < 4.78 is 12.0. The van der Waals surface area contributed by atoms with Crippen LogP contribution in [0, 0.1) is 0 Å². The Morgan fingerprint density at radius 1 is 1.19 bits per heavy atom. The van der Waals surface area contributed by atoms with Gasteiger partial charge in [0.15, 0.2) is 12.0 Å². The zero-order valence-corrected chi connectivity index (χ0v) is 18.5. The number of hydrogen-bond acceptors (Lipinski definition) is 5. The molecule has 0 unspecified atom stereocenters. The number of carbonyl (C=O) groups excluding carboxylic acids is 1. The maximum Gasteiger partial charge on any atom is 0.343 e. The van der Waals surface area contributed by atoms with E-state index in [4.69, 9.17) is 16.3 Å². The first kappa shape index (κ1) is 21.6. The molecule has 2 aromatic carbocycles. The van der Waals surface area contributed by atoms with Crippen LogP contribution in [0.25, 0.3) is 16.6 Å². The van der Waals surface area contributed by atoms with Crippen LogP contribution in [-0.2, 0) is 22.4 Å². The average Bonchev–Trinajstić information content (AvgIpc) is 3.35. The van der Waals surface area contributed by atoms with E-state index in [-0.39, 0.29) is 17.8 Å². The van der Waals surface area contributed by atoms with E-state index >= 15 is 0 Å². The van der Waals surface area contributed by atoms with E-state index in [2.05, 4.69) is 14.8 Å². The summed E-state index contributed by atoms with van der Waals surface area (Å²) in [6.07, 6.45) is 4.67. The number of pyridine rings is 1. The van der Waals surface area contributed by atoms with Gasteiger partial charge in [0.2, 0.25) is 0 Å². The van der Waals surface area contributed by atoms with Crippen LogP contribution in [0.3, 0.4) is 0 Å². The zero-order chi connectivity index (χ0) is 22.7. The molecule has 0 amide bonds. The van der Waals surface area contributed by atoms with E-state index in [0.717, 1.165) is 16.9 Å². The summed E-state index contributed by atoms with van der Waals surface area (Å²) in [5, 5.41) is 4.96. The van der Waals surface area contributed by atoms with Crippen molar-refractivity contribution in [2.45, 2.75) is 19.8 Å². The minimum Gasteiger partial charge on any atom is -0.481 e. The highest BCUT2D eigenvalue weighted by atomic mass is 35.5. The van der Waals surface area contributed by atoms with Crippen LogP contribution < -0.4 is 10.2 Å². The fourth-order valence-corrected chi connectivity index (χ4v) is 3.82. The minimum atomic E-state index is -0.535. The second kappa shape index (κ2) is 9.28. The van der Waals surface area contributed by atoms with E-state index in [1.807, 2.05) is 43.5 Å². The van der Waals surface area contributed by atoms with Crippen molar-refractivity contribution in [3.63, 3.8) is 0 Å². The first-order valence-corrected chi connectivity index (χ1v) is 10.5. The third-order valence-corrected chi connectivity index (χ3v) is 5.59. The maximum atomic E-state index is 13.6. The molecule has 1 N–H and O–H groups in total. The Morgan fingerprint density at radius 3 is 2.62 bits per heavy atom. The minimum absolute atomic E-state index is 0.172. The molecule has 2 heterocycles. The van der Waals surface area contributed by atoms with Gasteiger partial charge in [0.1, 0.15) is 5.75 Å². The zero-order valence-electron chi connectivity index (χ0n) is 17.7. The number of methoxy groups -OCH3 is 1. The molecule has 0 saturated heterocycles. The van der Waals surface area contributed by atoms with Crippen molar-refractivity contribution in [3.05, 3.63) is 86.9 Å². The molecule has 0 aliphatic carbocycles. The third-order valence-electron chi connectivity index (χ3n) is 5.27.